The van der Waals surface area contributed by atoms with Crippen LogP contribution in [-0.4, -0.2) is 204 Å². The van der Waals surface area contributed by atoms with Crippen LogP contribution in [0.3, 0.4) is 0 Å². The Morgan fingerprint density at radius 1 is 0.758 bits per heavy atom. The predicted octanol–water partition coefficient (Wildman–Crippen LogP) is 5.23. The van der Waals surface area contributed by atoms with E-state index in [-0.39, 0.29) is 147 Å². The molecule has 8 N–H and O–H groups in total. The lowest BCUT2D eigenvalue weighted by atomic mass is 9.83. The molecule has 2 aliphatic heterocycles. The van der Waals surface area contributed by atoms with E-state index in [1.54, 1.807) is 80.9 Å². The molecular weight excluding hydrogens is 1220 g/mol. The molecule has 2 saturated heterocycles. The number of benzene rings is 1. The molecule has 2 unspecified atom stereocenters. The summed E-state index contributed by atoms with van der Waals surface area (Å²) in [5, 5.41) is 20.6. The Balaban J connectivity index is 1.42. The molecule has 26 heteroatoms. The van der Waals surface area contributed by atoms with E-state index in [0.717, 1.165) is 0 Å². The van der Waals surface area contributed by atoms with Gasteiger partial charge in [-0.1, -0.05) is 80.9 Å². The van der Waals surface area contributed by atoms with E-state index in [1.807, 2.05) is 67.5 Å². The van der Waals surface area contributed by atoms with Crippen molar-refractivity contribution in [3.8, 4) is 0 Å². The fourth-order valence-corrected chi connectivity index (χ4v) is 13.8. The molecule has 13 atom stereocenters. The Bertz CT molecular complexity index is 2840. The number of methoxy groups -OCH3 is 2. The highest BCUT2D eigenvalue weighted by molar-refractivity contribution is 5.98. The highest BCUT2D eigenvalue weighted by Crippen LogP contribution is 2.33. The number of H-pyrrole nitrogens is 1. The molecule has 1 aromatic carbocycles. The van der Waals surface area contributed by atoms with Gasteiger partial charge in [-0.3, -0.25) is 57.9 Å². The van der Waals surface area contributed by atoms with Gasteiger partial charge in [0, 0.05) is 128 Å². The minimum absolute atomic E-state index is 0.00683. The van der Waals surface area contributed by atoms with Crippen LogP contribution in [0.2, 0.25) is 0 Å². The number of nitrogens with one attached hydrogen (secondary N) is 6. The molecule has 532 valence electrons. The number of primary amides is 1. The maximum absolute atomic E-state index is 14.6. The Kier molecular flexibility index (Phi) is 33.1. The largest absolute Gasteiger partial charge is 0.379 e. The number of aromatic amines is 1. The molecule has 2 fully saturated rings. The van der Waals surface area contributed by atoms with Crippen molar-refractivity contribution in [2.75, 3.05) is 67.4 Å². The Morgan fingerprint density at radius 3 is 1.99 bits per heavy atom. The number of piperidine rings is 1. The van der Waals surface area contributed by atoms with Crippen molar-refractivity contribution in [2.45, 2.75) is 208 Å². The van der Waals surface area contributed by atoms with Gasteiger partial charge in [0.25, 0.3) is 0 Å². The molecule has 1 aromatic heterocycles. The van der Waals surface area contributed by atoms with Gasteiger partial charge in [-0.2, -0.15) is 5.10 Å². The number of hydrogen-bond donors (Lipinski definition) is 7. The molecular formula is C69H113N13O13. The number of nitrogens with zero attached hydrogens (tertiary/aromatic N) is 6. The lowest BCUT2D eigenvalue weighted by molar-refractivity contribution is -0.149. The second-order valence-electron chi connectivity index (χ2n) is 27.5. The molecule has 0 spiro atoms. The van der Waals surface area contributed by atoms with Crippen LogP contribution >= 0.6 is 0 Å². The third kappa shape index (κ3) is 23.8. The molecule has 2 aliphatic rings. The van der Waals surface area contributed by atoms with Crippen molar-refractivity contribution in [1.82, 2.24) is 56.0 Å². The van der Waals surface area contributed by atoms with Gasteiger partial charge in [0.1, 0.15) is 17.9 Å². The number of rotatable bonds is 40. The molecule has 26 nitrogen and oxygen atoms in total. The number of carbonyl (C=O) groups excluding carboxylic acids is 11. The van der Waals surface area contributed by atoms with E-state index in [2.05, 4.69) is 41.8 Å². The first-order valence-corrected chi connectivity index (χ1v) is 34.1. The molecule has 2 aromatic rings. The molecule has 0 saturated carbocycles. The predicted molar refractivity (Wildman–Crippen MR) is 360 cm³/mol. The number of Topliss-reactive ketones (excluding diaryl/α,β-unsaturated/α-hetero) is 3. The van der Waals surface area contributed by atoms with Crippen LogP contribution in [0, 0.1) is 53.3 Å². The minimum atomic E-state index is -0.960. The van der Waals surface area contributed by atoms with Gasteiger partial charge in [-0.05, 0) is 101 Å². The van der Waals surface area contributed by atoms with Gasteiger partial charge >= 0.3 is 6.03 Å². The molecule has 3 heterocycles. The van der Waals surface area contributed by atoms with E-state index in [1.165, 1.54) is 13.4 Å². The van der Waals surface area contributed by atoms with E-state index in [0.29, 0.717) is 68.7 Å². The standard InChI is InChI=1S/C69H113N13O13/c1-17-43(8)63(80(14)68(92)51(40(2)3)36-55(85)62(42(6)7)79(12)13)56(94-15)37-60(88)82-30-19-21-52(82)64(95-16)45(10)53(83)34-49(35-57-74-39-75-78-57)66(90)73-38-46-22-24-50(25-23-46)76-67(91)47(20-18-29-72-69(70)93)33-54(84)61(41(4)5)77-58(86)26-27-59(87)81-31-28-48(32-44(81)9)65(89)71-11/h22-25,39-45,47-49,51-52,56,61-64H,17-21,26-38H2,1-16H3,(H,71,89)(H,73,90)(H,76,91)(H,77,86)(H3,70,72,93)(H,74,75,78)/t43-,44?,45-,47+,48?,49-,51-,52-,56+,61-,62-,63-,64+/m0/s1. The average Bonchev–Trinajstić information content (AvgIpc) is 1.80. The average molecular weight is 1330 g/mol. The number of likely N-dealkylation sites (N-methyl/N-ethyl adjacent to an activating group) is 2. The lowest BCUT2D eigenvalue weighted by Crippen LogP contribution is -2.54. The van der Waals surface area contributed by atoms with Crippen molar-refractivity contribution in [2.24, 2.45) is 59.0 Å². The van der Waals surface area contributed by atoms with Crippen LogP contribution in [0.4, 0.5) is 10.5 Å². The van der Waals surface area contributed by atoms with Crippen LogP contribution in [0.5, 0.6) is 0 Å². The first-order chi connectivity index (χ1) is 44.9. The number of ether oxygens (including phenoxy) is 2. The summed E-state index contributed by atoms with van der Waals surface area (Å²) in [6, 6.07) is 3.53. The number of likely N-dealkylation sites (tertiary alicyclic amines) is 2. The van der Waals surface area contributed by atoms with Gasteiger partial charge < -0.3 is 56.5 Å². The fourth-order valence-electron chi connectivity index (χ4n) is 13.8. The number of anilines is 1. The molecule has 0 aliphatic carbocycles. The highest BCUT2D eigenvalue weighted by Gasteiger charge is 2.44. The van der Waals surface area contributed by atoms with Gasteiger partial charge in [0.2, 0.25) is 41.4 Å². The first-order valence-electron chi connectivity index (χ1n) is 34.1. The maximum atomic E-state index is 14.6. The van der Waals surface area contributed by atoms with Crippen molar-refractivity contribution < 1.29 is 62.2 Å². The van der Waals surface area contributed by atoms with Crippen LogP contribution in [0.1, 0.15) is 164 Å². The summed E-state index contributed by atoms with van der Waals surface area (Å²) in [7, 11) is 10.1. The number of carbonyl (C=O) groups is 11. The molecule has 0 radical (unpaired) electrons. The lowest BCUT2D eigenvalue weighted by Gasteiger charge is -2.41. The second-order valence-corrected chi connectivity index (χ2v) is 27.5. The zero-order valence-electron chi connectivity index (χ0n) is 59.4. The summed E-state index contributed by atoms with van der Waals surface area (Å²) >= 11 is 0. The van der Waals surface area contributed by atoms with Crippen molar-refractivity contribution >= 4 is 70.4 Å². The van der Waals surface area contributed by atoms with Gasteiger partial charge in [-0.15, -0.1) is 0 Å². The number of nitrogens with two attached hydrogens (primary N) is 1. The van der Waals surface area contributed by atoms with Crippen molar-refractivity contribution in [3.05, 3.63) is 42.0 Å². The number of hydrogen-bond acceptors (Lipinski definition) is 16. The number of aromatic nitrogens is 3. The van der Waals surface area contributed by atoms with Crippen LogP contribution in [0.25, 0.3) is 0 Å². The zero-order chi connectivity index (χ0) is 71.0. The van der Waals surface area contributed by atoms with E-state index in [9.17, 15) is 52.7 Å². The van der Waals surface area contributed by atoms with Crippen LogP contribution in [-0.2, 0) is 70.4 Å². The normalized spacial score (nSPS) is 19.0. The summed E-state index contributed by atoms with van der Waals surface area (Å²) in [4.78, 5) is 161. The van der Waals surface area contributed by atoms with Gasteiger partial charge in [0.05, 0.1) is 48.7 Å². The molecule has 0 bridgehead atoms. The molecule has 9 amide bonds. The maximum Gasteiger partial charge on any atom is 0.312 e. The minimum Gasteiger partial charge on any atom is -0.379 e. The quantitative estimate of drug-likeness (QED) is 0.0420. The number of urea groups is 1. The molecule has 4 rings (SSSR count). The topological polar surface area (TPSA) is 347 Å². The second kappa shape index (κ2) is 39.1. The Morgan fingerprint density at radius 2 is 1.43 bits per heavy atom. The molecule has 95 heavy (non-hydrogen) atoms. The van der Waals surface area contributed by atoms with Crippen LogP contribution in [0.15, 0.2) is 30.6 Å². The van der Waals surface area contributed by atoms with E-state index >= 15 is 0 Å². The zero-order valence-corrected chi connectivity index (χ0v) is 59.4. The smallest absolute Gasteiger partial charge is 0.312 e. The highest BCUT2D eigenvalue weighted by atomic mass is 16.5. The number of amides is 9. The van der Waals surface area contributed by atoms with E-state index < -0.39 is 77.8 Å². The summed E-state index contributed by atoms with van der Waals surface area (Å²) in [6.45, 7) is 20.2. The number of ketones is 3. The summed E-state index contributed by atoms with van der Waals surface area (Å²) in [5.41, 5.74) is 6.35. The Labute approximate surface area is 562 Å². The fraction of sp³-hybridized carbons (Fsp3) is 0.725. The van der Waals surface area contributed by atoms with Crippen molar-refractivity contribution in [1.29, 1.82) is 0 Å². The third-order valence-electron chi connectivity index (χ3n) is 19.4. The third-order valence-corrected chi connectivity index (χ3v) is 19.4. The van der Waals surface area contributed by atoms with E-state index in [4.69, 9.17) is 15.2 Å². The van der Waals surface area contributed by atoms with Crippen LogP contribution < -0.4 is 32.3 Å². The summed E-state index contributed by atoms with van der Waals surface area (Å²) in [6.07, 6.45) is 2.80. The van der Waals surface area contributed by atoms with Gasteiger partial charge in [-0.25, -0.2) is 9.78 Å². The van der Waals surface area contributed by atoms with Gasteiger partial charge in [0.15, 0.2) is 11.6 Å². The Hall–Kier alpha value is -7.19. The first kappa shape index (κ1) is 80.2. The monoisotopic (exact) mass is 1330 g/mol. The summed E-state index contributed by atoms with van der Waals surface area (Å²) < 4.78 is 12.2. The van der Waals surface area contributed by atoms with Crippen molar-refractivity contribution in [3.63, 3.8) is 0 Å². The SMILES string of the molecule is CC[C@H](C)[C@@H]([C@@H](CC(=O)N1CCC[C@H]1[C@H](OC)[C@@H](C)C(=O)C[C@@H](Cc1ncn[nH]1)C(=O)NCc1ccc(NC(=O)[C@H](CCCNC(N)=O)CC(=O)[C@@H](NC(=O)CCC(=O)N2CCC(C(=O)NC)CC2C)C(C)C)cc1)OC)N(C)C(=O)[C@@H](CC(=O)[C@H](C(C)C)N(C)C)C(C)C. The summed E-state index contributed by atoms with van der Waals surface area (Å²) in [5.74, 6) is -6.09.